The van der Waals surface area contributed by atoms with E-state index in [-0.39, 0.29) is 5.91 Å². The minimum Gasteiger partial charge on any atom is -0.389 e. The maximum atomic E-state index is 11.3. The Bertz CT molecular complexity index is 384. The molecule has 0 aromatic carbocycles. The quantitative estimate of drug-likeness (QED) is 0.409. The Balaban J connectivity index is 2.57. The van der Waals surface area contributed by atoms with Crippen molar-refractivity contribution in [2.75, 3.05) is 13.6 Å². The summed E-state index contributed by atoms with van der Waals surface area (Å²) in [5.41, 5.74) is 1.39. The van der Waals surface area contributed by atoms with Gasteiger partial charge in [0.25, 0.3) is 5.91 Å². The van der Waals surface area contributed by atoms with Gasteiger partial charge >= 0.3 is 0 Å². The number of carbonyl (C=O) groups excluding carboxylic acids is 1. The number of nitrogen functional groups attached to an aromatic ring is 1. The van der Waals surface area contributed by atoms with E-state index in [2.05, 4.69) is 5.43 Å². The molecule has 0 aliphatic carbocycles. The number of hydrazine groups is 1. The number of amides is 1. The maximum Gasteiger partial charge on any atom is 0.275 e. The van der Waals surface area contributed by atoms with Crippen molar-refractivity contribution < 1.29 is 9.90 Å². The number of nitrogens with two attached hydrogens (primary N) is 1. The van der Waals surface area contributed by atoms with Crippen LogP contribution in [-0.2, 0) is 6.54 Å². The molecule has 0 atom stereocenters. The van der Waals surface area contributed by atoms with Crippen molar-refractivity contribution in [1.29, 1.82) is 0 Å². The van der Waals surface area contributed by atoms with Crippen LogP contribution in [0.15, 0.2) is 12.1 Å². The molecule has 1 heterocycles. The van der Waals surface area contributed by atoms with Crippen LogP contribution in [0.5, 0.6) is 0 Å². The minimum atomic E-state index is -0.719. The first-order valence-corrected chi connectivity index (χ1v) is 6.14. The molecule has 1 aromatic heterocycles. The van der Waals surface area contributed by atoms with E-state index in [0.29, 0.717) is 18.0 Å². The molecular formula is C11H19N3O2S. The minimum absolute atomic E-state index is 0.272. The van der Waals surface area contributed by atoms with Crippen LogP contribution in [0.25, 0.3) is 0 Å². The van der Waals surface area contributed by atoms with Crippen LogP contribution in [0, 0.1) is 0 Å². The van der Waals surface area contributed by atoms with Crippen molar-refractivity contribution in [2.24, 2.45) is 5.84 Å². The second kappa shape index (κ2) is 5.59. The number of hydrogen-bond donors (Lipinski definition) is 3. The van der Waals surface area contributed by atoms with Crippen molar-refractivity contribution in [1.82, 2.24) is 10.3 Å². The Morgan fingerprint density at radius 1 is 1.59 bits per heavy atom. The largest absolute Gasteiger partial charge is 0.389 e. The molecule has 0 saturated carbocycles. The van der Waals surface area contributed by atoms with Crippen molar-refractivity contribution >= 4 is 17.2 Å². The molecule has 0 radical (unpaired) electrons. The molecule has 5 nitrogen and oxygen atoms in total. The molecule has 0 unspecified atom stereocenters. The van der Waals surface area contributed by atoms with Crippen molar-refractivity contribution in [3.8, 4) is 0 Å². The van der Waals surface area contributed by atoms with E-state index in [0.717, 1.165) is 4.88 Å². The smallest absolute Gasteiger partial charge is 0.275 e. The lowest BCUT2D eigenvalue weighted by Gasteiger charge is -2.24. The molecule has 0 saturated heterocycles. The molecule has 4 N–H and O–H groups in total. The van der Waals surface area contributed by atoms with E-state index >= 15 is 0 Å². The Labute approximate surface area is 105 Å². The lowest BCUT2D eigenvalue weighted by Crippen LogP contribution is -2.35. The number of hydrogen-bond acceptors (Lipinski definition) is 5. The van der Waals surface area contributed by atoms with Gasteiger partial charge in [-0.15, -0.1) is 11.3 Å². The summed E-state index contributed by atoms with van der Waals surface area (Å²) in [4.78, 5) is 14.9. The number of carbonyl (C=O) groups is 1. The highest BCUT2D eigenvalue weighted by atomic mass is 32.1. The fourth-order valence-corrected chi connectivity index (χ4v) is 2.63. The van der Waals surface area contributed by atoms with Gasteiger partial charge in [0.15, 0.2) is 0 Å². The van der Waals surface area contributed by atoms with Gasteiger partial charge in [-0.25, -0.2) is 5.84 Å². The lowest BCUT2D eigenvalue weighted by molar-refractivity contribution is 0.0427. The maximum absolute atomic E-state index is 11.3. The first kappa shape index (κ1) is 14.1. The zero-order valence-electron chi connectivity index (χ0n) is 10.4. The van der Waals surface area contributed by atoms with E-state index in [1.54, 1.807) is 19.9 Å². The van der Waals surface area contributed by atoms with Crippen molar-refractivity contribution in [3.63, 3.8) is 0 Å². The number of nitrogens with one attached hydrogen (secondary N) is 1. The predicted octanol–water partition coefficient (Wildman–Crippen LogP) is 0.554. The summed E-state index contributed by atoms with van der Waals surface area (Å²) in [7, 11) is 1.93. The standard InChI is InChI=1S/C11H19N3O2S/c1-11(2,16)7-14(3)6-8-4-5-9(17-8)10(15)13-12/h4-5,16H,6-7,12H2,1-3H3,(H,13,15). The average Bonchev–Trinajstić information content (AvgIpc) is 2.62. The normalized spacial score (nSPS) is 11.9. The molecule has 0 bridgehead atoms. The Morgan fingerprint density at radius 3 is 2.76 bits per heavy atom. The van der Waals surface area contributed by atoms with Gasteiger partial charge in [-0.05, 0) is 33.0 Å². The van der Waals surface area contributed by atoms with Crippen molar-refractivity contribution in [3.05, 3.63) is 21.9 Å². The van der Waals surface area contributed by atoms with Crippen LogP contribution in [0.1, 0.15) is 28.4 Å². The molecule has 0 aliphatic heterocycles. The summed E-state index contributed by atoms with van der Waals surface area (Å²) in [6, 6.07) is 3.65. The predicted molar refractivity (Wildman–Crippen MR) is 68.6 cm³/mol. The molecule has 0 aliphatic rings. The average molecular weight is 257 g/mol. The number of nitrogens with zero attached hydrogens (tertiary/aromatic N) is 1. The fourth-order valence-electron chi connectivity index (χ4n) is 1.64. The topological polar surface area (TPSA) is 78.6 Å². The SMILES string of the molecule is CN(Cc1ccc(C(=O)NN)s1)CC(C)(C)O. The van der Waals surface area contributed by atoms with Gasteiger partial charge in [-0.3, -0.25) is 15.1 Å². The van der Waals surface area contributed by atoms with Gasteiger partial charge in [-0.1, -0.05) is 0 Å². The third-order valence-electron chi connectivity index (χ3n) is 2.10. The van der Waals surface area contributed by atoms with E-state index in [9.17, 15) is 9.90 Å². The summed E-state index contributed by atoms with van der Waals surface area (Å²) in [6.07, 6.45) is 0. The second-order valence-electron chi connectivity index (χ2n) is 4.72. The lowest BCUT2D eigenvalue weighted by atomic mass is 10.1. The van der Waals surface area contributed by atoms with E-state index in [1.165, 1.54) is 11.3 Å². The summed E-state index contributed by atoms with van der Waals surface area (Å²) < 4.78 is 0. The highest BCUT2D eigenvalue weighted by Gasteiger charge is 2.16. The summed E-state index contributed by atoms with van der Waals surface area (Å²) >= 11 is 1.40. The number of thiophene rings is 1. The number of aliphatic hydroxyl groups is 1. The molecule has 6 heteroatoms. The van der Waals surface area contributed by atoms with Crippen LogP contribution < -0.4 is 11.3 Å². The molecule has 1 amide bonds. The first-order valence-electron chi connectivity index (χ1n) is 5.32. The first-order chi connectivity index (χ1) is 7.81. The number of likely N-dealkylation sites (N-methyl/N-ethyl adjacent to an activating group) is 1. The highest BCUT2D eigenvalue weighted by molar-refractivity contribution is 7.14. The zero-order valence-corrected chi connectivity index (χ0v) is 11.2. The highest BCUT2D eigenvalue weighted by Crippen LogP contribution is 2.18. The molecule has 17 heavy (non-hydrogen) atoms. The van der Waals surface area contributed by atoms with Gasteiger partial charge in [0.2, 0.25) is 0 Å². The number of rotatable bonds is 5. The van der Waals surface area contributed by atoms with Crippen LogP contribution in [0.4, 0.5) is 0 Å². The van der Waals surface area contributed by atoms with E-state index in [4.69, 9.17) is 5.84 Å². The molecule has 0 spiro atoms. The van der Waals surface area contributed by atoms with Gasteiger partial charge < -0.3 is 5.11 Å². The van der Waals surface area contributed by atoms with Crippen LogP contribution in [0.3, 0.4) is 0 Å². The summed E-state index contributed by atoms with van der Waals surface area (Å²) in [5, 5.41) is 9.68. The van der Waals surface area contributed by atoms with Crippen LogP contribution in [-0.4, -0.2) is 35.1 Å². The van der Waals surface area contributed by atoms with Gasteiger partial charge in [0.05, 0.1) is 10.5 Å². The summed E-state index contributed by atoms with van der Waals surface area (Å²) in [5.74, 6) is 4.79. The molecular weight excluding hydrogens is 238 g/mol. The van der Waals surface area contributed by atoms with Crippen LogP contribution >= 0.6 is 11.3 Å². The summed E-state index contributed by atoms with van der Waals surface area (Å²) in [6.45, 7) is 4.81. The zero-order chi connectivity index (χ0) is 13.1. The van der Waals surface area contributed by atoms with E-state index < -0.39 is 5.60 Å². The fraction of sp³-hybridized carbons (Fsp3) is 0.545. The second-order valence-corrected chi connectivity index (χ2v) is 5.89. The molecule has 1 rings (SSSR count). The van der Waals surface area contributed by atoms with Gasteiger partial charge in [0.1, 0.15) is 0 Å². The Morgan fingerprint density at radius 2 is 2.24 bits per heavy atom. The Hall–Kier alpha value is -0.950. The molecule has 96 valence electrons. The van der Waals surface area contributed by atoms with Gasteiger partial charge in [0, 0.05) is 18.0 Å². The Kier molecular flexibility index (Phi) is 4.64. The van der Waals surface area contributed by atoms with Gasteiger partial charge in [-0.2, -0.15) is 0 Å². The van der Waals surface area contributed by atoms with Crippen LogP contribution in [0.2, 0.25) is 0 Å². The van der Waals surface area contributed by atoms with E-state index in [1.807, 2.05) is 18.0 Å². The van der Waals surface area contributed by atoms with Crippen molar-refractivity contribution in [2.45, 2.75) is 26.0 Å². The monoisotopic (exact) mass is 257 g/mol. The molecule has 0 fully saturated rings. The third-order valence-corrected chi connectivity index (χ3v) is 3.17. The third kappa shape index (κ3) is 4.82. The molecule has 1 aromatic rings.